The minimum absolute atomic E-state index is 1.18. The van der Waals surface area contributed by atoms with Gasteiger partial charge in [0, 0.05) is 0 Å². The summed E-state index contributed by atoms with van der Waals surface area (Å²) in [4.78, 5) is 0. The van der Waals surface area contributed by atoms with Crippen LogP contribution in [0.1, 0.15) is 35.6 Å². The molecule has 0 aliphatic rings. The average molecular weight is 264 g/mol. The first-order valence-electron chi connectivity index (χ1n) is 7.10. The van der Waals surface area contributed by atoms with Crippen molar-refractivity contribution in [1.29, 1.82) is 0 Å². The summed E-state index contributed by atoms with van der Waals surface area (Å²) in [6.45, 7) is 11.7. The Morgan fingerprint density at radius 2 is 1.55 bits per heavy atom. The molecule has 0 fully saturated rings. The van der Waals surface area contributed by atoms with E-state index in [1.165, 1.54) is 35.1 Å². The quantitative estimate of drug-likeness (QED) is 0.643. The second kappa shape index (κ2) is 8.92. The molecule has 0 spiro atoms. The maximum absolute atomic E-state index is 3.71. The summed E-state index contributed by atoms with van der Waals surface area (Å²) in [5.74, 6) is 0. The molecular formula is C20H24. The fourth-order valence-corrected chi connectivity index (χ4v) is 1.92. The summed E-state index contributed by atoms with van der Waals surface area (Å²) in [6, 6.07) is 16.7. The van der Waals surface area contributed by atoms with E-state index in [4.69, 9.17) is 0 Å². The maximum Gasteiger partial charge on any atom is -0.0233 e. The molecule has 0 aliphatic carbocycles. The van der Waals surface area contributed by atoms with Crippen LogP contribution in [0.2, 0.25) is 0 Å². The molecule has 0 atom stereocenters. The standard InChI is InChI=1S/C11H14.C9H10/c1-3-5-11-8-6-10(4-2)7-9-11;1-3-9-7-5-4-6-8(9)2/h4,6-9H,2-3,5H2,1H3;3-7H,1H2,2H3. The van der Waals surface area contributed by atoms with Crippen LogP contribution in [0.3, 0.4) is 0 Å². The molecule has 0 nitrogen and oxygen atoms in total. The Kier molecular flexibility index (Phi) is 7.13. The number of benzene rings is 2. The molecule has 104 valence electrons. The first-order chi connectivity index (χ1) is 9.71. The molecule has 0 heterocycles. The normalized spacial score (nSPS) is 9.30. The fourth-order valence-electron chi connectivity index (χ4n) is 1.92. The summed E-state index contributed by atoms with van der Waals surface area (Å²) < 4.78 is 0. The zero-order chi connectivity index (χ0) is 14.8. The van der Waals surface area contributed by atoms with Crippen LogP contribution in [0.15, 0.2) is 61.7 Å². The highest BCUT2D eigenvalue weighted by atomic mass is 13.9. The monoisotopic (exact) mass is 264 g/mol. The molecule has 0 bridgehead atoms. The highest BCUT2D eigenvalue weighted by Crippen LogP contribution is 2.07. The van der Waals surface area contributed by atoms with Gasteiger partial charge in [0.1, 0.15) is 0 Å². The minimum Gasteiger partial charge on any atom is -0.0985 e. The number of rotatable bonds is 4. The Hall–Kier alpha value is -2.08. The Bertz CT molecular complexity index is 532. The maximum atomic E-state index is 3.71. The zero-order valence-corrected chi connectivity index (χ0v) is 12.6. The van der Waals surface area contributed by atoms with Gasteiger partial charge in [-0.1, -0.05) is 87.2 Å². The van der Waals surface area contributed by atoms with Crippen LogP contribution in [-0.4, -0.2) is 0 Å². The number of aryl methyl sites for hydroxylation is 2. The molecule has 0 heteroatoms. The van der Waals surface area contributed by atoms with Crippen molar-refractivity contribution in [2.45, 2.75) is 26.7 Å². The van der Waals surface area contributed by atoms with Gasteiger partial charge in [-0.05, 0) is 35.6 Å². The van der Waals surface area contributed by atoms with Crippen molar-refractivity contribution in [1.82, 2.24) is 0 Å². The molecular weight excluding hydrogens is 240 g/mol. The molecule has 0 saturated heterocycles. The SMILES string of the molecule is C=Cc1ccc(CCC)cc1.C=Cc1ccccc1C. The topological polar surface area (TPSA) is 0 Å². The molecule has 2 rings (SSSR count). The molecule has 2 aromatic rings. The molecule has 0 N–H and O–H groups in total. The third kappa shape index (κ3) is 5.27. The smallest absolute Gasteiger partial charge is 0.0233 e. The summed E-state index contributed by atoms with van der Waals surface area (Å²) >= 11 is 0. The zero-order valence-electron chi connectivity index (χ0n) is 12.6. The van der Waals surface area contributed by atoms with Crippen LogP contribution < -0.4 is 0 Å². The van der Waals surface area contributed by atoms with Crippen molar-refractivity contribution < 1.29 is 0 Å². The van der Waals surface area contributed by atoms with E-state index in [0.717, 1.165) is 0 Å². The van der Waals surface area contributed by atoms with Crippen molar-refractivity contribution in [3.63, 3.8) is 0 Å². The summed E-state index contributed by atoms with van der Waals surface area (Å²) in [6.07, 6.45) is 6.13. The van der Waals surface area contributed by atoms with Crippen LogP contribution in [-0.2, 0) is 6.42 Å². The molecule has 0 unspecified atom stereocenters. The van der Waals surface area contributed by atoms with Crippen molar-refractivity contribution in [2.24, 2.45) is 0 Å². The lowest BCUT2D eigenvalue weighted by molar-refractivity contribution is 0.922. The van der Waals surface area contributed by atoms with Crippen LogP contribution >= 0.6 is 0 Å². The van der Waals surface area contributed by atoms with Gasteiger partial charge in [0.25, 0.3) is 0 Å². The molecule has 2 aromatic carbocycles. The van der Waals surface area contributed by atoms with E-state index in [-0.39, 0.29) is 0 Å². The summed E-state index contributed by atoms with van der Waals surface area (Å²) in [7, 11) is 0. The lowest BCUT2D eigenvalue weighted by Gasteiger charge is -1.97. The predicted molar refractivity (Wildman–Crippen MR) is 91.8 cm³/mol. The lowest BCUT2D eigenvalue weighted by Crippen LogP contribution is -1.81. The van der Waals surface area contributed by atoms with Crippen LogP contribution in [0.4, 0.5) is 0 Å². The Morgan fingerprint density at radius 1 is 0.900 bits per heavy atom. The second-order valence-electron chi connectivity index (χ2n) is 4.76. The van der Waals surface area contributed by atoms with E-state index >= 15 is 0 Å². The van der Waals surface area contributed by atoms with Gasteiger partial charge in [0.2, 0.25) is 0 Å². The number of hydrogen-bond donors (Lipinski definition) is 0. The Morgan fingerprint density at radius 3 is 2.00 bits per heavy atom. The first kappa shape index (κ1) is 16.0. The predicted octanol–water partition coefficient (Wildman–Crippen LogP) is 5.92. The third-order valence-electron chi connectivity index (χ3n) is 3.16. The molecule has 0 aliphatic heterocycles. The average Bonchev–Trinajstić information content (AvgIpc) is 2.49. The molecule has 0 saturated carbocycles. The largest absolute Gasteiger partial charge is 0.0985 e. The summed E-state index contributed by atoms with van der Waals surface area (Å²) in [5.41, 5.74) is 5.12. The van der Waals surface area contributed by atoms with E-state index in [1.807, 2.05) is 24.3 Å². The van der Waals surface area contributed by atoms with E-state index in [2.05, 4.69) is 63.4 Å². The van der Waals surface area contributed by atoms with Crippen molar-refractivity contribution in [3.05, 3.63) is 83.9 Å². The van der Waals surface area contributed by atoms with E-state index < -0.39 is 0 Å². The highest BCUT2D eigenvalue weighted by molar-refractivity contribution is 5.50. The first-order valence-corrected chi connectivity index (χ1v) is 7.10. The van der Waals surface area contributed by atoms with Gasteiger partial charge in [-0.15, -0.1) is 0 Å². The van der Waals surface area contributed by atoms with E-state index in [0.29, 0.717) is 0 Å². The Labute approximate surface area is 123 Å². The molecule has 20 heavy (non-hydrogen) atoms. The fraction of sp³-hybridized carbons (Fsp3) is 0.200. The van der Waals surface area contributed by atoms with Gasteiger partial charge < -0.3 is 0 Å². The van der Waals surface area contributed by atoms with Gasteiger partial charge in [0.15, 0.2) is 0 Å². The van der Waals surface area contributed by atoms with Gasteiger partial charge in [0.05, 0.1) is 0 Å². The molecule has 0 amide bonds. The second-order valence-corrected chi connectivity index (χ2v) is 4.76. The van der Waals surface area contributed by atoms with Crippen molar-refractivity contribution >= 4 is 12.2 Å². The van der Waals surface area contributed by atoms with Gasteiger partial charge in [-0.3, -0.25) is 0 Å². The van der Waals surface area contributed by atoms with Gasteiger partial charge >= 0.3 is 0 Å². The van der Waals surface area contributed by atoms with E-state index in [1.54, 1.807) is 0 Å². The van der Waals surface area contributed by atoms with Crippen molar-refractivity contribution in [3.8, 4) is 0 Å². The van der Waals surface area contributed by atoms with Gasteiger partial charge in [-0.2, -0.15) is 0 Å². The van der Waals surface area contributed by atoms with Gasteiger partial charge in [-0.25, -0.2) is 0 Å². The van der Waals surface area contributed by atoms with Crippen LogP contribution in [0, 0.1) is 6.92 Å². The van der Waals surface area contributed by atoms with E-state index in [9.17, 15) is 0 Å². The van der Waals surface area contributed by atoms with Crippen molar-refractivity contribution in [2.75, 3.05) is 0 Å². The lowest BCUT2D eigenvalue weighted by atomic mass is 10.1. The summed E-state index contributed by atoms with van der Waals surface area (Å²) in [5, 5.41) is 0. The number of hydrogen-bond acceptors (Lipinski definition) is 0. The minimum atomic E-state index is 1.18. The molecule has 0 aromatic heterocycles. The highest BCUT2D eigenvalue weighted by Gasteiger charge is 1.89. The van der Waals surface area contributed by atoms with Crippen LogP contribution in [0.5, 0.6) is 0 Å². The third-order valence-corrected chi connectivity index (χ3v) is 3.16. The molecule has 0 radical (unpaired) electrons. The van der Waals surface area contributed by atoms with Crippen LogP contribution in [0.25, 0.3) is 12.2 Å². The Balaban J connectivity index is 0.000000204.